The summed E-state index contributed by atoms with van der Waals surface area (Å²) in [5, 5.41) is 8.09. The molecule has 0 fully saturated rings. The summed E-state index contributed by atoms with van der Waals surface area (Å²) in [4.78, 5) is 0. The van der Waals surface area contributed by atoms with Gasteiger partial charge in [-0.25, -0.2) is 4.68 Å². The molecule has 0 spiro atoms. The van der Waals surface area contributed by atoms with Crippen LogP contribution in [0.15, 0.2) is 24.3 Å². The van der Waals surface area contributed by atoms with Gasteiger partial charge in [-0.3, -0.25) is 0 Å². The lowest BCUT2D eigenvalue weighted by atomic mass is 10.2. The van der Waals surface area contributed by atoms with Crippen LogP contribution in [0.1, 0.15) is 18.2 Å². The minimum absolute atomic E-state index is 0.536. The molecule has 20 heavy (non-hydrogen) atoms. The van der Waals surface area contributed by atoms with E-state index in [1.165, 1.54) is 5.56 Å². The average Bonchev–Trinajstić information content (AvgIpc) is 3.04. The maximum absolute atomic E-state index is 5.70. The van der Waals surface area contributed by atoms with Gasteiger partial charge < -0.3 is 14.8 Å². The highest BCUT2D eigenvalue weighted by atomic mass is 16.5. The summed E-state index contributed by atoms with van der Waals surface area (Å²) >= 11 is 0. The fourth-order valence-corrected chi connectivity index (χ4v) is 2.58. The number of rotatable bonds is 5. The second-order valence-corrected chi connectivity index (χ2v) is 4.70. The number of fused-ring (bicyclic) bond motifs is 1. The summed E-state index contributed by atoms with van der Waals surface area (Å²) in [6.45, 7) is 4.10. The number of methoxy groups -OCH3 is 1. The van der Waals surface area contributed by atoms with Gasteiger partial charge in [-0.15, -0.1) is 0 Å². The normalized spacial score (nSPS) is 13.1. The fraction of sp³-hybridized carbons (Fsp3) is 0.400. The van der Waals surface area contributed by atoms with E-state index in [4.69, 9.17) is 9.47 Å². The Morgan fingerprint density at radius 1 is 1.35 bits per heavy atom. The Kier molecular flexibility index (Phi) is 3.60. The molecular weight excluding hydrogens is 254 g/mol. The van der Waals surface area contributed by atoms with Crippen molar-refractivity contribution in [2.75, 3.05) is 25.6 Å². The molecule has 0 radical (unpaired) electrons. The SMILES string of the molecule is CCOc1ccccc1-n1nc(COC)c2c1NCC2. The Bertz CT molecular complexity index is 607. The van der Waals surface area contributed by atoms with Crippen LogP contribution < -0.4 is 10.1 Å². The number of para-hydroxylation sites is 2. The van der Waals surface area contributed by atoms with Gasteiger partial charge in [0.1, 0.15) is 17.3 Å². The molecule has 0 aliphatic carbocycles. The lowest BCUT2D eigenvalue weighted by molar-refractivity contribution is 0.180. The van der Waals surface area contributed by atoms with Gasteiger partial charge in [0.15, 0.2) is 0 Å². The second kappa shape index (κ2) is 5.54. The van der Waals surface area contributed by atoms with Gasteiger partial charge in [-0.2, -0.15) is 5.10 Å². The molecular formula is C15H19N3O2. The molecule has 5 nitrogen and oxygen atoms in total. The quantitative estimate of drug-likeness (QED) is 0.908. The van der Waals surface area contributed by atoms with Gasteiger partial charge in [-0.05, 0) is 25.5 Å². The van der Waals surface area contributed by atoms with E-state index in [0.717, 1.165) is 35.9 Å². The predicted molar refractivity (Wildman–Crippen MR) is 77.6 cm³/mol. The minimum atomic E-state index is 0.536. The number of ether oxygens (including phenoxy) is 2. The van der Waals surface area contributed by atoms with Gasteiger partial charge >= 0.3 is 0 Å². The highest BCUT2D eigenvalue weighted by Gasteiger charge is 2.23. The topological polar surface area (TPSA) is 48.3 Å². The van der Waals surface area contributed by atoms with Crippen molar-refractivity contribution in [1.82, 2.24) is 9.78 Å². The monoisotopic (exact) mass is 273 g/mol. The number of nitrogens with zero attached hydrogens (tertiary/aromatic N) is 2. The summed E-state index contributed by atoms with van der Waals surface area (Å²) in [5.41, 5.74) is 3.21. The van der Waals surface area contributed by atoms with E-state index >= 15 is 0 Å². The lowest BCUT2D eigenvalue weighted by Gasteiger charge is -2.12. The molecule has 2 heterocycles. The van der Waals surface area contributed by atoms with Crippen molar-refractivity contribution in [1.29, 1.82) is 0 Å². The molecule has 0 saturated heterocycles. The third kappa shape index (κ3) is 2.14. The molecule has 1 aromatic heterocycles. The van der Waals surface area contributed by atoms with Crippen LogP contribution in [0.2, 0.25) is 0 Å². The Hall–Kier alpha value is -2.01. The summed E-state index contributed by atoms with van der Waals surface area (Å²) in [5.74, 6) is 1.90. The summed E-state index contributed by atoms with van der Waals surface area (Å²) in [6.07, 6.45) is 0.991. The van der Waals surface area contributed by atoms with E-state index < -0.39 is 0 Å². The molecule has 5 heteroatoms. The number of anilines is 1. The molecule has 1 aliphatic rings. The number of aromatic nitrogens is 2. The van der Waals surface area contributed by atoms with Crippen LogP contribution >= 0.6 is 0 Å². The van der Waals surface area contributed by atoms with E-state index in [9.17, 15) is 0 Å². The van der Waals surface area contributed by atoms with Crippen molar-refractivity contribution in [3.05, 3.63) is 35.5 Å². The van der Waals surface area contributed by atoms with Gasteiger partial charge in [0.05, 0.1) is 18.9 Å². The van der Waals surface area contributed by atoms with Crippen molar-refractivity contribution in [3.63, 3.8) is 0 Å². The molecule has 0 bridgehead atoms. The zero-order chi connectivity index (χ0) is 13.9. The lowest BCUT2D eigenvalue weighted by Crippen LogP contribution is -2.07. The molecule has 0 amide bonds. The maximum atomic E-state index is 5.70. The van der Waals surface area contributed by atoms with Crippen molar-refractivity contribution in [2.45, 2.75) is 20.0 Å². The summed E-state index contributed by atoms with van der Waals surface area (Å²) in [6, 6.07) is 7.96. The van der Waals surface area contributed by atoms with Crippen LogP contribution in [-0.4, -0.2) is 30.0 Å². The minimum Gasteiger partial charge on any atom is -0.492 e. The van der Waals surface area contributed by atoms with Crippen LogP contribution in [0.25, 0.3) is 5.69 Å². The van der Waals surface area contributed by atoms with Crippen LogP contribution in [0.5, 0.6) is 5.75 Å². The molecule has 3 rings (SSSR count). The number of benzene rings is 1. The zero-order valence-corrected chi connectivity index (χ0v) is 11.8. The van der Waals surface area contributed by atoms with E-state index in [-0.39, 0.29) is 0 Å². The second-order valence-electron chi connectivity index (χ2n) is 4.70. The highest BCUT2D eigenvalue weighted by Crippen LogP contribution is 2.32. The first-order chi connectivity index (χ1) is 9.85. The van der Waals surface area contributed by atoms with Crippen molar-refractivity contribution in [2.24, 2.45) is 0 Å². The standard InChI is InChI=1S/C15H19N3O2/c1-3-20-14-7-5-4-6-13(14)18-15-11(8-9-16-15)12(17-18)10-19-2/h4-7,16H,3,8-10H2,1-2H3. The number of hydrogen-bond acceptors (Lipinski definition) is 4. The van der Waals surface area contributed by atoms with Crippen molar-refractivity contribution < 1.29 is 9.47 Å². The number of hydrogen-bond donors (Lipinski definition) is 1. The Morgan fingerprint density at radius 3 is 3.00 bits per heavy atom. The van der Waals surface area contributed by atoms with Crippen LogP contribution in [0.3, 0.4) is 0 Å². The molecule has 106 valence electrons. The van der Waals surface area contributed by atoms with Gasteiger partial charge in [0, 0.05) is 19.2 Å². The molecule has 2 aromatic rings. The van der Waals surface area contributed by atoms with Gasteiger partial charge in [0.25, 0.3) is 0 Å². The third-order valence-corrected chi connectivity index (χ3v) is 3.41. The van der Waals surface area contributed by atoms with E-state index in [0.29, 0.717) is 13.2 Å². The maximum Gasteiger partial charge on any atom is 0.145 e. The largest absolute Gasteiger partial charge is 0.492 e. The Morgan fingerprint density at radius 2 is 2.20 bits per heavy atom. The van der Waals surface area contributed by atoms with Crippen LogP contribution in [-0.2, 0) is 17.8 Å². The smallest absolute Gasteiger partial charge is 0.145 e. The average molecular weight is 273 g/mol. The molecule has 0 saturated carbocycles. The van der Waals surface area contributed by atoms with Crippen LogP contribution in [0.4, 0.5) is 5.82 Å². The van der Waals surface area contributed by atoms with Gasteiger partial charge in [0.2, 0.25) is 0 Å². The Labute approximate surface area is 118 Å². The predicted octanol–water partition coefficient (Wildman–Crippen LogP) is 2.39. The third-order valence-electron chi connectivity index (χ3n) is 3.41. The molecule has 1 aliphatic heterocycles. The Balaban J connectivity index is 2.09. The molecule has 1 N–H and O–H groups in total. The van der Waals surface area contributed by atoms with Gasteiger partial charge in [-0.1, -0.05) is 12.1 Å². The van der Waals surface area contributed by atoms with E-state index in [2.05, 4.69) is 10.4 Å². The first kappa shape index (κ1) is 13.0. The molecule has 0 atom stereocenters. The zero-order valence-electron chi connectivity index (χ0n) is 11.8. The van der Waals surface area contributed by atoms with Crippen molar-refractivity contribution in [3.8, 4) is 11.4 Å². The molecule has 1 aromatic carbocycles. The fourth-order valence-electron chi connectivity index (χ4n) is 2.58. The summed E-state index contributed by atoms with van der Waals surface area (Å²) in [7, 11) is 1.70. The highest BCUT2D eigenvalue weighted by molar-refractivity contribution is 5.59. The first-order valence-corrected chi connectivity index (χ1v) is 6.91. The van der Waals surface area contributed by atoms with E-state index in [1.54, 1.807) is 7.11 Å². The number of nitrogens with one attached hydrogen (secondary N) is 1. The summed E-state index contributed by atoms with van der Waals surface area (Å²) < 4.78 is 12.9. The van der Waals surface area contributed by atoms with Crippen molar-refractivity contribution >= 4 is 5.82 Å². The van der Waals surface area contributed by atoms with Crippen LogP contribution in [0, 0.1) is 0 Å². The molecule has 0 unspecified atom stereocenters. The van der Waals surface area contributed by atoms with E-state index in [1.807, 2.05) is 35.9 Å². The first-order valence-electron chi connectivity index (χ1n) is 6.91.